The Balaban J connectivity index is 1.98. The fraction of sp³-hybridized carbons (Fsp3) is 0.333. The first-order valence-electron chi connectivity index (χ1n) is 5.48. The van der Waals surface area contributed by atoms with E-state index in [4.69, 9.17) is 23.2 Å². The molecule has 18 heavy (non-hydrogen) atoms. The van der Waals surface area contributed by atoms with Gasteiger partial charge in [0, 0.05) is 15.8 Å². The summed E-state index contributed by atoms with van der Waals surface area (Å²) in [6, 6.07) is 5.39. The minimum Gasteiger partial charge on any atom is -0.305 e. The lowest BCUT2D eigenvalue weighted by atomic mass is 10.1. The van der Waals surface area contributed by atoms with Gasteiger partial charge in [-0.2, -0.15) is 0 Å². The molecule has 1 N–H and O–H groups in total. The molecule has 3 nitrogen and oxygen atoms in total. The fourth-order valence-corrected chi connectivity index (χ4v) is 2.87. The molecule has 0 saturated heterocycles. The summed E-state index contributed by atoms with van der Waals surface area (Å²) in [5, 5.41) is 4.68. The molecule has 0 bridgehead atoms. The van der Waals surface area contributed by atoms with Crippen LogP contribution in [0, 0.1) is 5.92 Å². The average molecular weight is 303 g/mol. The Morgan fingerprint density at radius 2 is 2.28 bits per heavy atom. The third-order valence-electron chi connectivity index (χ3n) is 2.57. The Hall–Kier alpha value is -0.710. The summed E-state index contributed by atoms with van der Waals surface area (Å²) in [5.41, 5.74) is 0.974. The van der Waals surface area contributed by atoms with Gasteiger partial charge in [0.1, 0.15) is 0 Å². The second-order valence-corrected chi connectivity index (χ2v) is 5.87. The van der Waals surface area contributed by atoms with Crippen molar-refractivity contribution in [3.63, 3.8) is 0 Å². The number of hydrogen-bond acceptors (Lipinski definition) is 3. The van der Waals surface area contributed by atoms with Crippen LogP contribution in [0.5, 0.6) is 0 Å². The molecule has 1 aromatic rings. The van der Waals surface area contributed by atoms with Crippen LogP contribution in [0.2, 0.25) is 10.0 Å². The van der Waals surface area contributed by atoms with Crippen molar-refractivity contribution in [1.82, 2.24) is 5.32 Å². The van der Waals surface area contributed by atoms with E-state index in [9.17, 15) is 4.79 Å². The normalized spacial score (nSPS) is 19.4. The van der Waals surface area contributed by atoms with Crippen molar-refractivity contribution in [3.8, 4) is 0 Å². The molecule has 0 radical (unpaired) electrons. The van der Waals surface area contributed by atoms with Crippen LogP contribution < -0.4 is 5.32 Å². The molecule has 0 aliphatic carbocycles. The van der Waals surface area contributed by atoms with Gasteiger partial charge in [-0.1, -0.05) is 48.0 Å². The maximum absolute atomic E-state index is 11.5. The zero-order valence-corrected chi connectivity index (χ0v) is 12.1. The van der Waals surface area contributed by atoms with Crippen molar-refractivity contribution >= 4 is 46.0 Å². The largest absolute Gasteiger partial charge is 0.305 e. The summed E-state index contributed by atoms with van der Waals surface area (Å²) >= 11 is 13.4. The number of aliphatic imine (C=N–C) groups is 1. The number of nitrogens with zero attached hydrogens (tertiary/aromatic N) is 1. The summed E-state index contributed by atoms with van der Waals surface area (Å²) in [4.78, 5) is 15.8. The van der Waals surface area contributed by atoms with E-state index in [0.29, 0.717) is 27.5 Å². The summed E-state index contributed by atoms with van der Waals surface area (Å²) in [6.07, 6.45) is 0. The number of thioether (sulfide) groups is 1. The zero-order valence-electron chi connectivity index (χ0n) is 9.74. The molecule has 1 atom stereocenters. The van der Waals surface area contributed by atoms with Gasteiger partial charge in [-0.05, 0) is 17.7 Å². The van der Waals surface area contributed by atoms with E-state index in [1.165, 1.54) is 11.8 Å². The molecule has 0 saturated carbocycles. The van der Waals surface area contributed by atoms with Crippen LogP contribution in [0.3, 0.4) is 0 Å². The van der Waals surface area contributed by atoms with Gasteiger partial charge in [-0.15, -0.1) is 0 Å². The van der Waals surface area contributed by atoms with Gasteiger partial charge in [0.15, 0.2) is 5.17 Å². The molecule has 1 aliphatic rings. The minimum atomic E-state index is -0.0477. The topological polar surface area (TPSA) is 41.5 Å². The molecule has 96 valence electrons. The summed E-state index contributed by atoms with van der Waals surface area (Å²) in [7, 11) is 0. The number of amidine groups is 1. The second-order valence-electron chi connectivity index (χ2n) is 4.06. The monoisotopic (exact) mass is 302 g/mol. The molecular weight excluding hydrogens is 291 g/mol. The van der Waals surface area contributed by atoms with Gasteiger partial charge in [0.05, 0.1) is 12.5 Å². The predicted octanol–water partition coefficient (Wildman–Crippen LogP) is 3.35. The van der Waals surface area contributed by atoms with E-state index in [2.05, 4.69) is 10.3 Å². The van der Waals surface area contributed by atoms with Crippen molar-refractivity contribution in [3.05, 3.63) is 33.8 Å². The number of nitrogens with one attached hydrogen (secondary N) is 1. The van der Waals surface area contributed by atoms with Gasteiger partial charge in [0.2, 0.25) is 5.91 Å². The fourth-order valence-electron chi connectivity index (χ4n) is 1.44. The summed E-state index contributed by atoms with van der Waals surface area (Å²) in [5.74, 6) is 0.631. The molecule has 1 aliphatic heterocycles. The standard InChI is InChI=1S/C12H12Cl2N2OS/c1-7-5-15-12(16-11(7)17)18-6-8-2-3-9(13)4-10(8)14/h2-4,7H,5-6H2,1H3,(H,15,16,17). The third-order valence-corrected chi connectivity index (χ3v) is 4.11. The van der Waals surface area contributed by atoms with Crippen LogP contribution in [0.25, 0.3) is 0 Å². The number of halogens is 2. The Morgan fingerprint density at radius 3 is 2.94 bits per heavy atom. The van der Waals surface area contributed by atoms with Crippen molar-refractivity contribution in [2.45, 2.75) is 12.7 Å². The van der Waals surface area contributed by atoms with Gasteiger partial charge in [0.25, 0.3) is 0 Å². The van der Waals surface area contributed by atoms with E-state index in [0.717, 1.165) is 5.56 Å². The van der Waals surface area contributed by atoms with E-state index in [-0.39, 0.29) is 11.8 Å². The highest BCUT2D eigenvalue weighted by Gasteiger charge is 2.19. The first kappa shape index (κ1) is 13.7. The van der Waals surface area contributed by atoms with Gasteiger partial charge >= 0.3 is 0 Å². The van der Waals surface area contributed by atoms with Crippen LogP contribution in [0.1, 0.15) is 12.5 Å². The molecule has 2 rings (SSSR count). The van der Waals surface area contributed by atoms with Crippen LogP contribution in [0.15, 0.2) is 23.2 Å². The van der Waals surface area contributed by atoms with Crippen LogP contribution >= 0.6 is 35.0 Å². The van der Waals surface area contributed by atoms with Crippen molar-refractivity contribution in [2.24, 2.45) is 10.9 Å². The lowest BCUT2D eigenvalue weighted by Crippen LogP contribution is -2.38. The average Bonchev–Trinajstić information content (AvgIpc) is 2.32. The van der Waals surface area contributed by atoms with Gasteiger partial charge < -0.3 is 5.32 Å². The van der Waals surface area contributed by atoms with Gasteiger partial charge in [-0.3, -0.25) is 9.79 Å². The molecule has 1 heterocycles. The molecule has 0 fully saturated rings. The Kier molecular flexibility index (Phi) is 4.54. The number of carbonyl (C=O) groups is 1. The zero-order chi connectivity index (χ0) is 13.1. The van der Waals surface area contributed by atoms with Crippen molar-refractivity contribution in [2.75, 3.05) is 6.54 Å². The number of hydrogen-bond donors (Lipinski definition) is 1. The van der Waals surface area contributed by atoms with E-state index in [1.807, 2.05) is 13.0 Å². The Bertz CT molecular complexity index is 505. The smallest absolute Gasteiger partial charge is 0.230 e. The van der Waals surface area contributed by atoms with Crippen LogP contribution in [-0.2, 0) is 10.5 Å². The maximum atomic E-state index is 11.5. The SMILES string of the molecule is CC1CN=C(SCc2ccc(Cl)cc2Cl)NC1=O. The number of benzene rings is 1. The molecular formula is C12H12Cl2N2OS. The first-order chi connectivity index (χ1) is 8.56. The molecule has 1 amide bonds. The highest BCUT2D eigenvalue weighted by molar-refractivity contribution is 8.13. The second kappa shape index (κ2) is 5.95. The van der Waals surface area contributed by atoms with Gasteiger partial charge in [-0.25, -0.2) is 0 Å². The maximum Gasteiger partial charge on any atom is 0.230 e. The molecule has 0 aromatic heterocycles. The quantitative estimate of drug-likeness (QED) is 0.910. The van der Waals surface area contributed by atoms with E-state index in [1.54, 1.807) is 12.1 Å². The molecule has 1 aromatic carbocycles. The predicted molar refractivity (Wildman–Crippen MR) is 77.4 cm³/mol. The first-order valence-corrected chi connectivity index (χ1v) is 7.22. The molecule has 1 unspecified atom stereocenters. The third kappa shape index (κ3) is 3.40. The lowest BCUT2D eigenvalue weighted by molar-refractivity contribution is -0.123. The number of carbonyl (C=O) groups excluding carboxylic acids is 1. The minimum absolute atomic E-state index is 0.0229. The van der Waals surface area contributed by atoms with Crippen LogP contribution in [-0.4, -0.2) is 17.6 Å². The lowest BCUT2D eigenvalue weighted by Gasteiger charge is -2.17. The highest BCUT2D eigenvalue weighted by Crippen LogP contribution is 2.25. The van der Waals surface area contributed by atoms with Crippen molar-refractivity contribution in [1.29, 1.82) is 0 Å². The summed E-state index contributed by atoms with van der Waals surface area (Å²) in [6.45, 7) is 2.40. The van der Waals surface area contributed by atoms with Crippen molar-refractivity contribution < 1.29 is 4.79 Å². The number of rotatable bonds is 2. The van der Waals surface area contributed by atoms with Crippen LogP contribution in [0.4, 0.5) is 0 Å². The molecule has 0 spiro atoms. The molecule has 6 heteroatoms. The Morgan fingerprint density at radius 1 is 1.50 bits per heavy atom. The highest BCUT2D eigenvalue weighted by atomic mass is 35.5. The Labute approximate surface area is 120 Å². The summed E-state index contributed by atoms with van der Waals surface area (Å²) < 4.78 is 0. The van der Waals surface area contributed by atoms with E-state index < -0.39 is 0 Å². The number of amides is 1. The van der Waals surface area contributed by atoms with E-state index >= 15 is 0 Å².